The maximum Gasteiger partial charge on any atom is 0.161 e. The van der Waals surface area contributed by atoms with Gasteiger partial charge in [0.05, 0.1) is 31.5 Å². The highest BCUT2D eigenvalue weighted by atomic mass is 16.5. The van der Waals surface area contributed by atoms with Crippen molar-refractivity contribution in [2.45, 2.75) is 58.8 Å². The van der Waals surface area contributed by atoms with Crippen molar-refractivity contribution in [3.05, 3.63) is 59.8 Å². The number of hydrogen-bond donors (Lipinski definition) is 0. The van der Waals surface area contributed by atoms with E-state index in [2.05, 4.69) is 19.1 Å². The smallest absolute Gasteiger partial charge is 0.161 e. The summed E-state index contributed by atoms with van der Waals surface area (Å²) in [5.74, 6) is 2.43. The van der Waals surface area contributed by atoms with Crippen LogP contribution in [0.2, 0.25) is 0 Å². The Kier molecular flexibility index (Phi) is 10.1. The molecule has 0 N–H and O–H groups in total. The maximum absolute atomic E-state index is 5.98. The van der Waals surface area contributed by atoms with E-state index in [9.17, 15) is 0 Å². The third-order valence-electron chi connectivity index (χ3n) is 5.63. The van der Waals surface area contributed by atoms with Gasteiger partial charge in [0.2, 0.25) is 0 Å². The van der Waals surface area contributed by atoms with Crippen molar-refractivity contribution in [3.8, 4) is 17.2 Å². The molecule has 3 aromatic rings. The molecule has 0 aliphatic heterocycles. The first-order valence-corrected chi connectivity index (χ1v) is 12.3. The van der Waals surface area contributed by atoms with E-state index in [0.29, 0.717) is 6.61 Å². The molecule has 2 aromatic carbocycles. The van der Waals surface area contributed by atoms with Gasteiger partial charge in [-0.05, 0) is 61.4 Å². The number of pyridine rings is 1. The van der Waals surface area contributed by atoms with E-state index < -0.39 is 0 Å². The number of rotatable bonds is 14. The Morgan fingerprint density at radius 1 is 0.758 bits per heavy atom. The molecule has 4 nitrogen and oxygen atoms in total. The molecule has 1 aromatic heterocycles. The molecular weight excluding hydrogens is 410 g/mol. The van der Waals surface area contributed by atoms with Gasteiger partial charge in [-0.2, -0.15) is 0 Å². The second-order valence-corrected chi connectivity index (χ2v) is 8.24. The molecule has 1 heterocycles. The molecule has 0 atom stereocenters. The largest absolute Gasteiger partial charge is 0.494 e. The summed E-state index contributed by atoms with van der Waals surface area (Å²) in [5.41, 5.74) is 2.90. The van der Waals surface area contributed by atoms with E-state index in [4.69, 9.17) is 19.2 Å². The first-order valence-electron chi connectivity index (χ1n) is 12.3. The number of ether oxygens (including phenoxy) is 3. The van der Waals surface area contributed by atoms with Crippen LogP contribution in [0.4, 0.5) is 0 Å². The van der Waals surface area contributed by atoms with Gasteiger partial charge in [0.25, 0.3) is 0 Å². The van der Waals surface area contributed by atoms with Crippen LogP contribution in [0, 0.1) is 0 Å². The van der Waals surface area contributed by atoms with Crippen LogP contribution >= 0.6 is 0 Å². The van der Waals surface area contributed by atoms with Crippen molar-refractivity contribution in [2.24, 2.45) is 0 Å². The van der Waals surface area contributed by atoms with Crippen LogP contribution in [0.3, 0.4) is 0 Å². The van der Waals surface area contributed by atoms with Crippen molar-refractivity contribution in [1.29, 1.82) is 0 Å². The van der Waals surface area contributed by atoms with E-state index in [0.717, 1.165) is 52.4 Å². The third-order valence-corrected chi connectivity index (χ3v) is 5.63. The summed E-state index contributed by atoms with van der Waals surface area (Å²) in [6.45, 7) is 5.62. The lowest BCUT2D eigenvalue weighted by atomic mass is 10.1. The Morgan fingerprint density at radius 3 is 2.36 bits per heavy atom. The minimum atomic E-state index is 0.659. The van der Waals surface area contributed by atoms with E-state index >= 15 is 0 Å². The van der Waals surface area contributed by atoms with Crippen LogP contribution < -0.4 is 14.2 Å². The average molecular weight is 448 g/mol. The molecule has 4 heteroatoms. The van der Waals surface area contributed by atoms with Crippen molar-refractivity contribution in [1.82, 2.24) is 4.98 Å². The Labute approximate surface area is 198 Å². The standard InChI is InChI=1S/C29H37NO3/c1-4-6-7-8-9-10-11-20-33-28-19-13-23(21-29(28)31-3)12-15-25-16-14-24-22-26(32-5-2)17-18-27(24)30-25/h12-19,21-22H,4-11,20H2,1-3H3. The zero-order valence-electron chi connectivity index (χ0n) is 20.3. The van der Waals surface area contributed by atoms with Gasteiger partial charge >= 0.3 is 0 Å². The zero-order chi connectivity index (χ0) is 23.3. The molecule has 0 unspecified atom stereocenters. The van der Waals surface area contributed by atoms with Crippen LogP contribution in [-0.4, -0.2) is 25.3 Å². The third kappa shape index (κ3) is 7.81. The Hall–Kier alpha value is -3.01. The fourth-order valence-electron chi connectivity index (χ4n) is 3.80. The molecular formula is C29H37NO3. The van der Waals surface area contributed by atoms with E-state index in [1.165, 1.54) is 38.5 Å². The molecule has 176 valence electrons. The van der Waals surface area contributed by atoms with Gasteiger partial charge in [-0.1, -0.05) is 63.7 Å². The quantitative estimate of drug-likeness (QED) is 0.235. The lowest BCUT2D eigenvalue weighted by Crippen LogP contribution is -1.99. The fraction of sp³-hybridized carbons (Fsp3) is 0.414. The number of nitrogens with zero attached hydrogens (tertiary/aromatic N) is 1. The van der Waals surface area contributed by atoms with Gasteiger partial charge < -0.3 is 14.2 Å². The normalized spacial score (nSPS) is 11.2. The summed E-state index contributed by atoms with van der Waals surface area (Å²) in [6, 6.07) is 16.1. The van der Waals surface area contributed by atoms with Crippen LogP contribution in [0.1, 0.15) is 70.1 Å². The van der Waals surface area contributed by atoms with Gasteiger partial charge in [-0.3, -0.25) is 0 Å². The highest BCUT2D eigenvalue weighted by molar-refractivity contribution is 5.82. The highest BCUT2D eigenvalue weighted by Crippen LogP contribution is 2.29. The monoisotopic (exact) mass is 447 g/mol. The molecule has 33 heavy (non-hydrogen) atoms. The molecule has 0 bridgehead atoms. The first kappa shape index (κ1) is 24.6. The summed E-state index contributed by atoms with van der Waals surface area (Å²) >= 11 is 0. The predicted octanol–water partition coefficient (Wildman–Crippen LogP) is 7.94. The molecule has 0 fully saturated rings. The van der Waals surface area contributed by atoms with Crippen molar-refractivity contribution < 1.29 is 14.2 Å². The number of fused-ring (bicyclic) bond motifs is 1. The number of aromatic nitrogens is 1. The van der Waals surface area contributed by atoms with Crippen LogP contribution in [0.15, 0.2) is 48.5 Å². The number of unbranched alkanes of at least 4 members (excludes halogenated alkanes) is 6. The number of benzene rings is 2. The second-order valence-electron chi connectivity index (χ2n) is 8.24. The molecule has 0 saturated heterocycles. The summed E-state index contributed by atoms with van der Waals surface area (Å²) in [7, 11) is 1.69. The minimum Gasteiger partial charge on any atom is -0.494 e. The van der Waals surface area contributed by atoms with Gasteiger partial charge in [0, 0.05) is 5.39 Å². The van der Waals surface area contributed by atoms with E-state index in [-0.39, 0.29) is 0 Å². The molecule has 3 rings (SSSR count). The van der Waals surface area contributed by atoms with Gasteiger partial charge in [-0.15, -0.1) is 0 Å². The number of methoxy groups -OCH3 is 1. The molecule has 0 spiro atoms. The lowest BCUT2D eigenvalue weighted by Gasteiger charge is -2.11. The summed E-state index contributed by atoms with van der Waals surface area (Å²) in [4.78, 5) is 4.73. The number of hydrogen-bond acceptors (Lipinski definition) is 4. The molecule has 0 amide bonds. The molecule has 0 aliphatic rings. The van der Waals surface area contributed by atoms with E-state index in [1.54, 1.807) is 7.11 Å². The highest BCUT2D eigenvalue weighted by Gasteiger charge is 2.05. The molecule has 0 radical (unpaired) electrons. The van der Waals surface area contributed by atoms with Crippen LogP contribution in [0.25, 0.3) is 23.1 Å². The maximum atomic E-state index is 5.98. The lowest BCUT2D eigenvalue weighted by molar-refractivity contribution is 0.284. The average Bonchev–Trinajstić information content (AvgIpc) is 2.85. The predicted molar refractivity (Wildman–Crippen MR) is 138 cm³/mol. The van der Waals surface area contributed by atoms with Crippen molar-refractivity contribution in [2.75, 3.05) is 20.3 Å². The summed E-state index contributed by atoms with van der Waals surface area (Å²) in [6.07, 6.45) is 13.0. The first-order chi connectivity index (χ1) is 16.2. The topological polar surface area (TPSA) is 40.6 Å². The molecule has 0 aliphatic carbocycles. The Bertz CT molecular complexity index is 1030. The van der Waals surface area contributed by atoms with Crippen LogP contribution in [-0.2, 0) is 0 Å². The fourth-order valence-corrected chi connectivity index (χ4v) is 3.80. The minimum absolute atomic E-state index is 0.659. The Balaban J connectivity index is 1.56. The second kappa shape index (κ2) is 13.5. The van der Waals surface area contributed by atoms with E-state index in [1.807, 2.05) is 55.5 Å². The summed E-state index contributed by atoms with van der Waals surface area (Å²) in [5, 5.41) is 1.07. The SMILES string of the molecule is CCCCCCCCCOc1ccc(C=Cc2ccc3cc(OCC)ccc3n2)cc1OC. The zero-order valence-corrected chi connectivity index (χ0v) is 20.3. The van der Waals surface area contributed by atoms with Gasteiger partial charge in [-0.25, -0.2) is 4.98 Å². The van der Waals surface area contributed by atoms with Crippen molar-refractivity contribution in [3.63, 3.8) is 0 Å². The Morgan fingerprint density at radius 2 is 1.58 bits per heavy atom. The van der Waals surface area contributed by atoms with Gasteiger partial charge in [0.15, 0.2) is 11.5 Å². The van der Waals surface area contributed by atoms with Crippen LogP contribution in [0.5, 0.6) is 17.2 Å². The van der Waals surface area contributed by atoms with Crippen molar-refractivity contribution >= 4 is 23.1 Å². The molecule has 0 saturated carbocycles. The summed E-state index contributed by atoms with van der Waals surface area (Å²) < 4.78 is 17.1. The van der Waals surface area contributed by atoms with Gasteiger partial charge in [0.1, 0.15) is 5.75 Å².